The van der Waals surface area contributed by atoms with Crippen molar-refractivity contribution in [2.24, 2.45) is 0 Å². The van der Waals surface area contributed by atoms with Gasteiger partial charge in [0.1, 0.15) is 5.82 Å². The van der Waals surface area contributed by atoms with Gasteiger partial charge in [-0.05, 0) is 12.5 Å². The highest BCUT2D eigenvalue weighted by atomic mass is 19.1. The topological polar surface area (TPSA) is 23.6 Å². The molecular formula is C15H21FN2O. The first-order chi connectivity index (χ1) is 9.20. The summed E-state index contributed by atoms with van der Waals surface area (Å²) in [6.45, 7) is 5.81. The van der Waals surface area contributed by atoms with Gasteiger partial charge in [-0.25, -0.2) is 4.39 Å². The number of amides is 1. The lowest BCUT2D eigenvalue weighted by Crippen LogP contribution is -2.48. The van der Waals surface area contributed by atoms with Crippen LogP contribution in [0.3, 0.4) is 0 Å². The second-order valence-electron chi connectivity index (χ2n) is 5.00. The Kier molecular flexibility index (Phi) is 4.91. The summed E-state index contributed by atoms with van der Waals surface area (Å²) in [7, 11) is 0. The van der Waals surface area contributed by atoms with Crippen molar-refractivity contribution in [2.75, 3.05) is 26.2 Å². The summed E-state index contributed by atoms with van der Waals surface area (Å²) in [5.74, 6) is 0.0973. The summed E-state index contributed by atoms with van der Waals surface area (Å²) >= 11 is 0. The Bertz CT molecular complexity index is 428. The quantitative estimate of drug-likeness (QED) is 0.833. The average Bonchev–Trinajstić information content (AvgIpc) is 2.42. The van der Waals surface area contributed by atoms with Crippen LogP contribution in [0.4, 0.5) is 4.39 Å². The fraction of sp³-hybridized carbons (Fsp3) is 0.533. The molecule has 0 saturated carbocycles. The number of benzene rings is 1. The van der Waals surface area contributed by atoms with Gasteiger partial charge in [-0.2, -0.15) is 0 Å². The molecule has 104 valence electrons. The van der Waals surface area contributed by atoms with Crippen molar-refractivity contribution in [3.05, 3.63) is 35.6 Å². The summed E-state index contributed by atoms with van der Waals surface area (Å²) in [6, 6.07) is 6.89. The lowest BCUT2D eigenvalue weighted by molar-refractivity contribution is -0.133. The summed E-state index contributed by atoms with van der Waals surface area (Å²) in [4.78, 5) is 15.9. The van der Waals surface area contributed by atoms with E-state index in [9.17, 15) is 9.18 Å². The van der Waals surface area contributed by atoms with E-state index in [1.54, 1.807) is 6.07 Å². The zero-order valence-corrected chi connectivity index (χ0v) is 11.4. The Labute approximate surface area is 114 Å². The predicted octanol–water partition coefficient (Wildman–Crippen LogP) is 2.27. The summed E-state index contributed by atoms with van der Waals surface area (Å²) in [5.41, 5.74) is 0.732. The predicted molar refractivity (Wildman–Crippen MR) is 73.2 cm³/mol. The largest absolute Gasteiger partial charge is 0.340 e. The molecule has 1 fully saturated rings. The third-order valence-electron chi connectivity index (χ3n) is 3.54. The Balaban J connectivity index is 1.84. The van der Waals surface area contributed by atoms with Crippen LogP contribution in [0.15, 0.2) is 24.3 Å². The SMILES string of the molecule is CCCC(=O)N1CCN(Cc2ccccc2F)CC1. The summed E-state index contributed by atoms with van der Waals surface area (Å²) in [6.07, 6.45) is 1.53. The molecular weight excluding hydrogens is 243 g/mol. The molecule has 0 aliphatic carbocycles. The fourth-order valence-corrected chi connectivity index (χ4v) is 2.39. The fourth-order valence-electron chi connectivity index (χ4n) is 2.39. The molecule has 1 aromatic carbocycles. The number of hydrogen-bond acceptors (Lipinski definition) is 2. The van der Waals surface area contributed by atoms with Crippen LogP contribution in [0, 0.1) is 5.82 Å². The molecule has 0 unspecified atom stereocenters. The third kappa shape index (κ3) is 3.77. The number of rotatable bonds is 4. The van der Waals surface area contributed by atoms with Crippen LogP contribution >= 0.6 is 0 Å². The van der Waals surface area contributed by atoms with Crippen molar-refractivity contribution in [1.82, 2.24) is 9.80 Å². The molecule has 2 rings (SSSR count). The standard InChI is InChI=1S/C15H21FN2O/c1-2-5-15(19)18-10-8-17(9-11-18)12-13-6-3-4-7-14(13)16/h3-4,6-7H,2,5,8-12H2,1H3. The van der Waals surface area contributed by atoms with Crippen molar-refractivity contribution < 1.29 is 9.18 Å². The molecule has 4 heteroatoms. The average molecular weight is 264 g/mol. The van der Waals surface area contributed by atoms with Crippen molar-refractivity contribution in [1.29, 1.82) is 0 Å². The van der Waals surface area contributed by atoms with E-state index in [4.69, 9.17) is 0 Å². The smallest absolute Gasteiger partial charge is 0.222 e. The maximum absolute atomic E-state index is 13.6. The van der Waals surface area contributed by atoms with Gasteiger partial charge in [0.05, 0.1) is 0 Å². The molecule has 1 aliphatic rings. The van der Waals surface area contributed by atoms with Gasteiger partial charge in [-0.15, -0.1) is 0 Å². The Morgan fingerprint density at radius 3 is 2.53 bits per heavy atom. The first kappa shape index (κ1) is 14.0. The third-order valence-corrected chi connectivity index (χ3v) is 3.54. The minimum Gasteiger partial charge on any atom is -0.340 e. The van der Waals surface area contributed by atoms with Crippen LogP contribution < -0.4 is 0 Å². The molecule has 1 amide bonds. The highest BCUT2D eigenvalue weighted by molar-refractivity contribution is 5.76. The molecule has 1 aliphatic heterocycles. The van der Waals surface area contributed by atoms with Crippen LogP contribution in [0.5, 0.6) is 0 Å². The van der Waals surface area contributed by atoms with E-state index >= 15 is 0 Å². The number of carbonyl (C=O) groups is 1. The van der Waals surface area contributed by atoms with E-state index < -0.39 is 0 Å². The second kappa shape index (κ2) is 6.66. The van der Waals surface area contributed by atoms with Gasteiger partial charge < -0.3 is 4.90 Å². The van der Waals surface area contributed by atoms with Crippen molar-refractivity contribution in [3.8, 4) is 0 Å². The van der Waals surface area contributed by atoms with Crippen LogP contribution in [0.2, 0.25) is 0 Å². The molecule has 1 aromatic rings. The maximum atomic E-state index is 13.6. The van der Waals surface area contributed by atoms with Crippen LogP contribution in [0.25, 0.3) is 0 Å². The Morgan fingerprint density at radius 2 is 1.89 bits per heavy atom. The number of hydrogen-bond donors (Lipinski definition) is 0. The van der Waals surface area contributed by atoms with E-state index in [-0.39, 0.29) is 11.7 Å². The molecule has 0 atom stereocenters. The van der Waals surface area contributed by atoms with Crippen molar-refractivity contribution in [3.63, 3.8) is 0 Å². The van der Waals surface area contributed by atoms with E-state index in [1.807, 2.05) is 24.0 Å². The van der Waals surface area contributed by atoms with E-state index in [0.29, 0.717) is 13.0 Å². The van der Waals surface area contributed by atoms with Gasteiger partial charge in [-0.1, -0.05) is 25.1 Å². The summed E-state index contributed by atoms with van der Waals surface area (Å²) in [5, 5.41) is 0. The highest BCUT2D eigenvalue weighted by Gasteiger charge is 2.20. The van der Waals surface area contributed by atoms with Crippen LogP contribution in [-0.4, -0.2) is 41.9 Å². The molecule has 0 radical (unpaired) electrons. The Hall–Kier alpha value is -1.42. The minimum atomic E-state index is -0.146. The molecule has 1 saturated heterocycles. The van der Waals surface area contributed by atoms with Crippen LogP contribution in [0.1, 0.15) is 25.3 Å². The molecule has 3 nitrogen and oxygen atoms in total. The molecule has 0 spiro atoms. The number of halogens is 1. The normalized spacial score (nSPS) is 16.6. The van der Waals surface area contributed by atoms with Gasteiger partial charge in [0.25, 0.3) is 0 Å². The lowest BCUT2D eigenvalue weighted by Gasteiger charge is -2.34. The zero-order chi connectivity index (χ0) is 13.7. The van der Waals surface area contributed by atoms with Gasteiger partial charge >= 0.3 is 0 Å². The number of nitrogens with zero attached hydrogens (tertiary/aromatic N) is 2. The van der Waals surface area contributed by atoms with Gasteiger partial charge in [-0.3, -0.25) is 9.69 Å². The van der Waals surface area contributed by atoms with Crippen molar-refractivity contribution >= 4 is 5.91 Å². The van der Waals surface area contributed by atoms with Gasteiger partial charge in [0, 0.05) is 44.7 Å². The van der Waals surface area contributed by atoms with Gasteiger partial charge in [0.2, 0.25) is 5.91 Å². The minimum absolute atomic E-state index is 0.146. The van der Waals surface area contributed by atoms with Crippen molar-refractivity contribution in [2.45, 2.75) is 26.3 Å². The molecule has 0 N–H and O–H groups in total. The van der Waals surface area contributed by atoms with E-state index in [0.717, 1.165) is 38.2 Å². The van der Waals surface area contributed by atoms with Crippen LogP contribution in [-0.2, 0) is 11.3 Å². The molecule has 1 heterocycles. The van der Waals surface area contributed by atoms with E-state index in [2.05, 4.69) is 4.90 Å². The zero-order valence-electron chi connectivity index (χ0n) is 11.4. The molecule has 0 bridgehead atoms. The first-order valence-corrected chi connectivity index (χ1v) is 6.94. The second-order valence-corrected chi connectivity index (χ2v) is 5.00. The monoisotopic (exact) mass is 264 g/mol. The molecule has 19 heavy (non-hydrogen) atoms. The van der Waals surface area contributed by atoms with E-state index in [1.165, 1.54) is 6.07 Å². The summed E-state index contributed by atoms with van der Waals surface area (Å²) < 4.78 is 13.6. The first-order valence-electron chi connectivity index (χ1n) is 6.94. The molecule has 0 aromatic heterocycles. The number of carbonyl (C=O) groups excluding carboxylic acids is 1. The number of piperazine rings is 1. The Morgan fingerprint density at radius 1 is 1.21 bits per heavy atom. The highest BCUT2D eigenvalue weighted by Crippen LogP contribution is 2.12. The lowest BCUT2D eigenvalue weighted by atomic mass is 10.2. The maximum Gasteiger partial charge on any atom is 0.222 e. The van der Waals surface area contributed by atoms with Gasteiger partial charge in [0.15, 0.2) is 0 Å².